The molecule has 4 N–H and O–H groups in total. The number of carbonyl (C=O) groups is 2. The van der Waals surface area contributed by atoms with Crippen molar-refractivity contribution in [3.63, 3.8) is 0 Å². The third-order valence-corrected chi connectivity index (χ3v) is 3.93. The molecule has 1 saturated heterocycles. The third kappa shape index (κ3) is 4.21. The van der Waals surface area contributed by atoms with E-state index in [9.17, 15) is 9.59 Å². The third-order valence-electron chi connectivity index (χ3n) is 3.93. The molecule has 0 spiro atoms. The van der Waals surface area contributed by atoms with Gasteiger partial charge >= 0.3 is 6.03 Å². The number of carbonyl (C=O) groups excluding carboxylic acids is 2. The van der Waals surface area contributed by atoms with Crippen LogP contribution in [0.2, 0.25) is 0 Å². The van der Waals surface area contributed by atoms with Crippen LogP contribution < -0.4 is 21.3 Å². The summed E-state index contributed by atoms with van der Waals surface area (Å²) in [5.74, 6) is -0.0973. The molecule has 0 aromatic heterocycles. The maximum absolute atomic E-state index is 12.3. The fraction of sp³-hybridized carbons (Fsp3) is 0.500. The molecular formula is C16H22N4O2. The summed E-state index contributed by atoms with van der Waals surface area (Å²) >= 11 is 0. The molecule has 1 saturated carbocycles. The molecule has 0 unspecified atom stereocenters. The molecule has 1 aliphatic carbocycles. The van der Waals surface area contributed by atoms with Gasteiger partial charge in [-0.1, -0.05) is 6.07 Å². The van der Waals surface area contributed by atoms with Crippen molar-refractivity contribution in [2.24, 2.45) is 0 Å². The van der Waals surface area contributed by atoms with E-state index < -0.39 is 0 Å². The highest BCUT2D eigenvalue weighted by molar-refractivity contribution is 5.97. The molecule has 118 valence electrons. The van der Waals surface area contributed by atoms with Crippen molar-refractivity contribution in [3.8, 4) is 0 Å². The summed E-state index contributed by atoms with van der Waals surface area (Å²) in [5, 5.41) is 11.9. The zero-order valence-electron chi connectivity index (χ0n) is 12.5. The molecule has 2 aliphatic rings. The largest absolute Gasteiger partial charge is 0.348 e. The van der Waals surface area contributed by atoms with Crippen LogP contribution in [-0.4, -0.2) is 37.1 Å². The number of anilines is 1. The highest BCUT2D eigenvalue weighted by Crippen LogP contribution is 2.19. The van der Waals surface area contributed by atoms with Gasteiger partial charge in [-0.05, 0) is 50.4 Å². The number of rotatable bonds is 4. The predicted octanol–water partition coefficient (Wildman–Crippen LogP) is 1.45. The number of piperidine rings is 1. The van der Waals surface area contributed by atoms with Crippen LogP contribution in [-0.2, 0) is 0 Å². The molecule has 22 heavy (non-hydrogen) atoms. The Morgan fingerprint density at radius 2 is 1.95 bits per heavy atom. The number of urea groups is 1. The second-order valence-electron chi connectivity index (χ2n) is 5.97. The maximum Gasteiger partial charge on any atom is 0.319 e. The zero-order chi connectivity index (χ0) is 15.4. The minimum absolute atomic E-state index is 0.0973. The highest BCUT2D eigenvalue weighted by atomic mass is 16.2. The molecule has 6 heteroatoms. The Bertz CT molecular complexity index is 551. The average molecular weight is 302 g/mol. The van der Waals surface area contributed by atoms with Gasteiger partial charge in [-0.25, -0.2) is 4.79 Å². The molecule has 3 rings (SSSR count). The van der Waals surface area contributed by atoms with Gasteiger partial charge in [-0.15, -0.1) is 0 Å². The summed E-state index contributed by atoms with van der Waals surface area (Å²) in [5.41, 5.74) is 1.20. The van der Waals surface area contributed by atoms with Crippen molar-refractivity contribution >= 4 is 17.6 Å². The van der Waals surface area contributed by atoms with Gasteiger partial charge in [0.1, 0.15) is 0 Å². The Kier molecular flexibility index (Phi) is 4.58. The Labute approximate surface area is 130 Å². The molecule has 2 fully saturated rings. The molecule has 1 aromatic rings. The van der Waals surface area contributed by atoms with Gasteiger partial charge in [0.15, 0.2) is 0 Å². The summed E-state index contributed by atoms with van der Waals surface area (Å²) in [4.78, 5) is 24.0. The van der Waals surface area contributed by atoms with Crippen molar-refractivity contribution in [2.45, 2.75) is 37.8 Å². The fourth-order valence-electron chi connectivity index (χ4n) is 2.56. The van der Waals surface area contributed by atoms with Crippen LogP contribution >= 0.6 is 0 Å². The van der Waals surface area contributed by atoms with Crippen LogP contribution in [0.15, 0.2) is 24.3 Å². The molecule has 1 heterocycles. The Morgan fingerprint density at radius 1 is 1.09 bits per heavy atom. The van der Waals surface area contributed by atoms with Crippen molar-refractivity contribution in [1.29, 1.82) is 0 Å². The van der Waals surface area contributed by atoms with E-state index in [4.69, 9.17) is 0 Å². The average Bonchev–Trinajstić information content (AvgIpc) is 3.32. The van der Waals surface area contributed by atoms with E-state index in [1.807, 2.05) is 0 Å². The number of hydrogen-bond acceptors (Lipinski definition) is 3. The zero-order valence-corrected chi connectivity index (χ0v) is 12.5. The summed E-state index contributed by atoms with van der Waals surface area (Å²) in [6, 6.07) is 7.30. The molecule has 1 aromatic carbocycles. The first-order valence-corrected chi connectivity index (χ1v) is 7.90. The molecule has 3 amide bonds. The van der Waals surface area contributed by atoms with Gasteiger partial charge in [-0.2, -0.15) is 0 Å². The van der Waals surface area contributed by atoms with E-state index in [1.165, 1.54) is 0 Å². The minimum atomic E-state index is -0.212. The first kappa shape index (κ1) is 14.8. The van der Waals surface area contributed by atoms with Gasteiger partial charge in [0.25, 0.3) is 5.91 Å². The Hall–Kier alpha value is -2.08. The SMILES string of the molecule is O=C(Nc1cccc(C(=O)N[C@H]2CCCNC2)c1)NC1CC1. The lowest BCUT2D eigenvalue weighted by Crippen LogP contribution is -2.45. The van der Waals surface area contributed by atoms with E-state index >= 15 is 0 Å². The van der Waals surface area contributed by atoms with Crippen molar-refractivity contribution in [3.05, 3.63) is 29.8 Å². The topological polar surface area (TPSA) is 82.3 Å². The lowest BCUT2D eigenvalue weighted by atomic mass is 10.1. The lowest BCUT2D eigenvalue weighted by molar-refractivity contribution is 0.0930. The summed E-state index contributed by atoms with van der Waals surface area (Å²) < 4.78 is 0. The van der Waals surface area contributed by atoms with Crippen LogP contribution in [0.3, 0.4) is 0 Å². The molecular weight excluding hydrogens is 280 g/mol. The van der Waals surface area contributed by atoms with E-state index in [0.717, 1.165) is 38.8 Å². The van der Waals surface area contributed by atoms with Crippen LogP contribution in [0, 0.1) is 0 Å². The van der Waals surface area contributed by atoms with Gasteiger partial charge in [0, 0.05) is 29.9 Å². The highest BCUT2D eigenvalue weighted by Gasteiger charge is 2.23. The molecule has 1 aliphatic heterocycles. The van der Waals surface area contributed by atoms with Crippen LogP contribution in [0.25, 0.3) is 0 Å². The van der Waals surface area contributed by atoms with Gasteiger partial charge in [-0.3, -0.25) is 4.79 Å². The summed E-state index contributed by atoms with van der Waals surface area (Å²) in [6.07, 6.45) is 4.17. The molecule has 0 bridgehead atoms. The van der Waals surface area contributed by atoms with Gasteiger partial charge in [0.2, 0.25) is 0 Å². The van der Waals surface area contributed by atoms with E-state index in [1.54, 1.807) is 24.3 Å². The summed E-state index contributed by atoms with van der Waals surface area (Å²) in [7, 11) is 0. The van der Waals surface area contributed by atoms with Crippen molar-refractivity contribution < 1.29 is 9.59 Å². The van der Waals surface area contributed by atoms with Crippen LogP contribution in [0.1, 0.15) is 36.0 Å². The fourth-order valence-corrected chi connectivity index (χ4v) is 2.56. The van der Waals surface area contributed by atoms with E-state index in [2.05, 4.69) is 21.3 Å². The van der Waals surface area contributed by atoms with Crippen LogP contribution in [0.4, 0.5) is 10.5 Å². The maximum atomic E-state index is 12.3. The Balaban J connectivity index is 1.57. The number of nitrogens with one attached hydrogen (secondary N) is 4. The number of hydrogen-bond donors (Lipinski definition) is 4. The summed E-state index contributed by atoms with van der Waals surface area (Å²) in [6.45, 7) is 1.83. The number of amides is 3. The predicted molar refractivity (Wildman–Crippen MR) is 85.0 cm³/mol. The van der Waals surface area contributed by atoms with Gasteiger partial charge in [0.05, 0.1) is 0 Å². The molecule has 6 nitrogen and oxygen atoms in total. The standard InChI is InChI=1S/C16H22N4O2/c21-15(18-14-5-2-8-17-10-14)11-3-1-4-13(9-11)20-16(22)19-12-6-7-12/h1,3-4,9,12,14,17H,2,5-8,10H2,(H,18,21)(H2,19,20,22)/t14-/m0/s1. The molecule has 1 atom stereocenters. The number of benzene rings is 1. The second-order valence-corrected chi connectivity index (χ2v) is 5.97. The van der Waals surface area contributed by atoms with E-state index in [-0.39, 0.29) is 18.0 Å². The minimum Gasteiger partial charge on any atom is -0.348 e. The van der Waals surface area contributed by atoms with Crippen LogP contribution in [0.5, 0.6) is 0 Å². The monoisotopic (exact) mass is 302 g/mol. The first-order valence-electron chi connectivity index (χ1n) is 7.90. The quantitative estimate of drug-likeness (QED) is 0.679. The van der Waals surface area contributed by atoms with Gasteiger partial charge < -0.3 is 21.3 Å². The second kappa shape index (κ2) is 6.79. The Morgan fingerprint density at radius 3 is 2.68 bits per heavy atom. The normalized spacial score (nSPS) is 21.0. The molecule has 0 radical (unpaired) electrons. The first-order chi connectivity index (χ1) is 10.7. The van der Waals surface area contributed by atoms with Crippen molar-refractivity contribution in [2.75, 3.05) is 18.4 Å². The smallest absolute Gasteiger partial charge is 0.319 e. The van der Waals surface area contributed by atoms with E-state index in [0.29, 0.717) is 17.3 Å². The lowest BCUT2D eigenvalue weighted by Gasteiger charge is -2.23. The van der Waals surface area contributed by atoms with Crippen molar-refractivity contribution in [1.82, 2.24) is 16.0 Å².